The van der Waals surface area contributed by atoms with Gasteiger partial charge < -0.3 is 20.3 Å². The minimum Gasteiger partial charge on any atom is -0.492 e. The van der Waals surface area contributed by atoms with Crippen molar-refractivity contribution in [3.63, 3.8) is 0 Å². The van der Waals surface area contributed by atoms with Crippen molar-refractivity contribution in [1.82, 2.24) is 20.9 Å². The van der Waals surface area contributed by atoms with Crippen molar-refractivity contribution in [3.05, 3.63) is 29.3 Å². The van der Waals surface area contributed by atoms with E-state index in [-0.39, 0.29) is 55.1 Å². The van der Waals surface area contributed by atoms with Crippen LogP contribution in [0, 0.1) is 0 Å². The van der Waals surface area contributed by atoms with Crippen LogP contribution in [0.2, 0.25) is 0 Å². The Bertz CT molecular complexity index is 1350. The van der Waals surface area contributed by atoms with Crippen LogP contribution in [0.4, 0.5) is 0 Å². The lowest BCUT2D eigenvalue weighted by Gasteiger charge is -2.41. The van der Waals surface area contributed by atoms with Gasteiger partial charge in [-0.25, -0.2) is 9.89 Å². The predicted molar refractivity (Wildman–Crippen MR) is 128 cm³/mol. The van der Waals surface area contributed by atoms with Gasteiger partial charge in [-0.15, -0.1) is 0 Å². The fraction of sp³-hybridized carbons (Fsp3) is 0.542. The zero-order chi connectivity index (χ0) is 26.6. The maximum atomic E-state index is 13.5. The van der Waals surface area contributed by atoms with Crippen LogP contribution >= 0.6 is 0 Å². The number of hydrogen-bond donors (Lipinski definition) is 8. The Morgan fingerprint density at radius 2 is 1.97 bits per heavy atom. The third kappa shape index (κ3) is 2.86. The van der Waals surface area contributed by atoms with Crippen LogP contribution in [0.5, 0.6) is 5.75 Å². The molecule has 6 aliphatic rings. The normalized spacial score (nSPS) is 33.3. The first-order chi connectivity index (χ1) is 18.1. The molecule has 1 saturated carbocycles. The first-order valence-corrected chi connectivity index (χ1v) is 12.8. The number of aliphatic hydroxyl groups is 2. The molecule has 1 aromatic rings. The number of fused-ring (bicyclic) bond motifs is 2. The maximum absolute atomic E-state index is 13.5. The Labute approximate surface area is 216 Å². The number of carbonyl (C=O) groups excluding carboxylic acids is 3. The summed E-state index contributed by atoms with van der Waals surface area (Å²) in [6.07, 6.45) is 2.27. The highest BCUT2D eigenvalue weighted by Crippen LogP contribution is 2.56. The summed E-state index contributed by atoms with van der Waals surface area (Å²) in [4.78, 5) is 42.2. The van der Waals surface area contributed by atoms with Gasteiger partial charge in [-0.05, 0) is 18.9 Å². The third-order valence-electron chi connectivity index (χ3n) is 8.97. The molecule has 1 unspecified atom stereocenters. The van der Waals surface area contributed by atoms with Gasteiger partial charge in [0, 0.05) is 23.8 Å². The van der Waals surface area contributed by atoms with E-state index in [0.717, 1.165) is 23.3 Å². The second-order valence-electron chi connectivity index (χ2n) is 11.1. The highest BCUT2D eigenvalue weighted by atomic mass is 16.5. The number of hydrogen-bond acceptors (Lipinski definition) is 10. The zero-order valence-corrected chi connectivity index (χ0v) is 20.5. The molecule has 14 nitrogen and oxygen atoms in total. The summed E-state index contributed by atoms with van der Waals surface area (Å²) < 4.78 is 7.41. The van der Waals surface area contributed by atoms with Gasteiger partial charge in [-0.2, -0.15) is 0 Å². The average Bonchev–Trinajstić information content (AvgIpc) is 3.18. The molecule has 7 rings (SSSR count). The summed E-state index contributed by atoms with van der Waals surface area (Å²) in [5.41, 5.74) is 12.1. The second kappa shape index (κ2) is 7.35. The smallest absolute Gasteiger partial charge is 0.347 e. The fourth-order valence-corrected chi connectivity index (χ4v) is 6.79. The molecule has 10 N–H and O–H groups in total. The molecule has 2 saturated heterocycles. The number of benzene rings is 1. The number of ether oxygens (including phenoxy) is 1. The highest BCUT2D eigenvalue weighted by Gasteiger charge is 2.78. The van der Waals surface area contributed by atoms with Gasteiger partial charge in [0.1, 0.15) is 17.8 Å². The minimum absolute atomic E-state index is 0.0154. The van der Waals surface area contributed by atoms with Gasteiger partial charge in [0.15, 0.2) is 6.04 Å². The topological polar surface area (TPSA) is 209 Å². The number of likely N-dealkylation sites (tertiary alicyclic amines) is 1. The average molecular weight is 527 g/mol. The van der Waals surface area contributed by atoms with E-state index in [1.54, 1.807) is 12.1 Å². The number of rotatable bonds is 4. The van der Waals surface area contributed by atoms with Crippen LogP contribution in [-0.4, -0.2) is 98.6 Å². The standard InChI is InChI=1S/C24H28N8O6/c25-20-29-18-13(8-31-15(33)4-5-16(31)34)27-21(26)32-9-14(24(36,37)23(18,32)30-20)28-19(35)11-2-1-3-12-17(11)38-10-22(12)6-7-22/h1-3,13-14,18,36-37H,4-10H2,(H6,25,26,27,28,29,30,35)/p+2/t13-,14?,18-,23-/m0/s1. The van der Waals surface area contributed by atoms with E-state index >= 15 is 0 Å². The molecule has 0 aromatic heterocycles. The Kier molecular flexibility index (Phi) is 4.49. The van der Waals surface area contributed by atoms with E-state index in [1.807, 2.05) is 6.07 Å². The van der Waals surface area contributed by atoms with E-state index in [4.69, 9.17) is 16.2 Å². The van der Waals surface area contributed by atoms with Gasteiger partial charge in [-0.1, -0.05) is 12.1 Å². The molecule has 1 aromatic carbocycles. The quantitative estimate of drug-likeness (QED) is 0.106. The van der Waals surface area contributed by atoms with Crippen LogP contribution in [0.1, 0.15) is 41.6 Å². The van der Waals surface area contributed by atoms with Crippen molar-refractivity contribution >= 4 is 29.6 Å². The SMILES string of the molecule is NC1=[NH+][C@H]2[C@H](CN3C(=O)CCC3=O)NC(N)=[N+]3CC(NC(=O)c4cccc5c4OCC54CC4)C(O)(O)[C@]23N1. The molecular formula is C24H30N8O6+2. The van der Waals surface area contributed by atoms with Gasteiger partial charge in [0.25, 0.3) is 17.4 Å². The summed E-state index contributed by atoms with van der Waals surface area (Å²) in [6.45, 7) is 0.414. The monoisotopic (exact) mass is 526 g/mol. The molecule has 4 atom stereocenters. The number of guanidine groups is 2. The Hall–Kier alpha value is -3.91. The number of nitrogens with one attached hydrogen (secondary N) is 4. The Morgan fingerprint density at radius 3 is 2.68 bits per heavy atom. The summed E-state index contributed by atoms with van der Waals surface area (Å²) in [5, 5.41) is 32.1. The zero-order valence-electron chi connectivity index (χ0n) is 20.5. The van der Waals surface area contributed by atoms with Crippen molar-refractivity contribution in [3.8, 4) is 5.75 Å². The van der Waals surface area contributed by atoms with Gasteiger partial charge >= 0.3 is 11.9 Å². The molecule has 3 amide bonds. The molecule has 3 fully saturated rings. The summed E-state index contributed by atoms with van der Waals surface area (Å²) in [6, 6.07) is 2.68. The lowest BCUT2D eigenvalue weighted by Crippen LogP contribution is -2.92. The second-order valence-corrected chi connectivity index (χ2v) is 11.1. The first kappa shape index (κ1) is 23.2. The van der Waals surface area contributed by atoms with Crippen LogP contribution < -0.4 is 37.1 Å². The van der Waals surface area contributed by atoms with E-state index in [1.165, 1.54) is 4.58 Å². The molecular weight excluding hydrogens is 496 g/mol. The highest BCUT2D eigenvalue weighted by molar-refractivity contribution is 6.02. The molecule has 200 valence electrons. The Morgan fingerprint density at radius 1 is 1.24 bits per heavy atom. The molecule has 2 spiro atoms. The van der Waals surface area contributed by atoms with Crippen molar-refractivity contribution in [2.45, 2.75) is 60.7 Å². The number of nitrogens with two attached hydrogens (primary N) is 2. The molecule has 0 radical (unpaired) electrons. The van der Waals surface area contributed by atoms with Crippen molar-refractivity contribution in [2.75, 3.05) is 19.7 Å². The Balaban J connectivity index is 1.20. The minimum atomic E-state index is -2.58. The molecule has 14 heteroatoms. The van der Waals surface area contributed by atoms with Gasteiger partial charge in [-0.3, -0.25) is 41.1 Å². The predicted octanol–water partition coefficient (Wildman–Crippen LogP) is -5.59. The summed E-state index contributed by atoms with van der Waals surface area (Å²) >= 11 is 0. The molecule has 38 heavy (non-hydrogen) atoms. The van der Waals surface area contributed by atoms with Crippen molar-refractivity contribution < 1.29 is 38.9 Å². The number of para-hydroxylation sites is 1. The van der Waals surface area contributed by atoms with Crippen LogP contribution in [0.15, 0.2) is 18.2 Å². The number of nitrogens with zero attached hydrogens (tertiary/aromatic N) is 2. The lowest BCUT2D eigenvalue weighted by atomic mass is 9.85. The van der Waals surface area contributed by atoms with Crippen molar-refractivity contribution in [2.24, 2.45) is 11.5 Å². The lowest BCUT2D eigenvalue weighted by molar-refractivity contribution is -0.674. The van der Waals surface area contributed by atoms with E-state index in [9.17, 15) is 24.6 Å². The van der Waals surface area contributed by atoms with Crippen LogP contribution in [-0.2, 0) is 15.0 Å². The van der Waals surface area contributed by atoms with E-state index < -0.39 is 35.5 Å². The summed E-state index contributed by atoms with van der Waals surface area (Å²) in [7, 11) is 0. The number of amides is 3. The molecule has 5 aliphatic heterocycles. The molecule has 1 aliphatic carbocycles. The molecule has 0 bridgehead atoms. The first-order valence-electron chi connectivity index (χ1n) is 12.8. The van der Waals surface area contributed by atoms with Crippen LogP contribution in [0.3, 0.4) is 0 Å². The van der Waals surface area contributed by atoms with Crippen molar-refractivity contribution in [1.29, 1.82) is 0 Å². The van der Waals surface area contributed by atoms with Gasteiger partial charge in [0.2, 0.25) is 11.8 Å². The third-order valence-corrected chi connectivity index (χ3v) is 8.97. The fourth-order valence-electron chi connectivity index (χ4n) is 6.79. The van der Waals surface area contributed by atoms with Gasteiger partial charge in [0.05, 0.1) is 25.3 Å². The largest absolute Gasteiger partial charge is 0.492 e. The summed E-state index contributed by atoms with van der Waals surface area (Å²) in [5.74, 6) is -3.04. The van der Waals surface area contributed by atoms with Crippen LogP contribution in [0.25, 0.3) is 0 Å². The van der Waals surface area contributed by atoms with E-state index in [2.05, 4.69) is 20.9 Å². The van der Waals surface area contributed by atoms with E-state index in [0.29, 0.717) is 17.9 Å². The maximum Gasteiger partial charge on any atom is 0.347 e. The molecule has 5 heterocycles. The number of carbonyl (C=O) groups is 3. The number of imide groups is 1.